The van der Waals surface area contributed by atoms with Gasteiger partial charge in [0.05, 0.1) is 11.2 Å². The van der Waals surface area contributed by atoms with Crippen LogP contribution in [0, 0.1) is 5.92 Å². The van der Waals surface area contributed by atoms with Crippen molar-refractivity contribution in [2.24, 2.45) is 5.92 Å². The van der Waals surface area contributed by atoms with Gasteiger partial charge in [-0.15, -0.1) is 0 Å². The van der Waals surface area contributed by atoms with E-state index in [1.165, 1.54) is 12.8 Å². The molecule has 1 saturated carbocycles. The van der Waals surface area contributed by atoms with E-state index in [0.717, 1.165) is 5.92 Å². The van der Waals surface area contributed by atoms with Gasteiger partial charge in [0.2, 0.25) is 0 Å². The molecule has 0 aromatic rings. The van der Waals surface area contributed by atoms with Gasteiger partial charge in [-0.05, 0) is 39.4 Å². The van der Waals surface area contributed by atoms with Crippen molar-refractivity contribution < 1.29 is 9.31 Å². The van der Waals surface area contributed by atoms with Gasteiger partial charge in [-0.1, -0.05) is 19.8 Å². The smallest absolute Gasteiger partial charge is 0.403 e. The fraction of sp³-hybridized carbons (Fsp3) is 1.00. The SMILES string of the molecule is CC(B1OC(C)(C)C(C)(C)O1)C1CC1. The van der Waals surface area contributed by atoms with Crippen LogP contribution in [0.4, 0.5) is 0 Å². The van der Waals surface area contributed by atoms with Gasteiger partial charge in [-0.25, -0.2) is 0 Å². The third kappa shape index (κ3) is 1.61. The van der Waals surface area contributed by atoms with E-state index in [4.69, 9.17) is 9.31 Å². The van der Waals surface area contributed by atoms with Gasteiger partial charge >= 0.3 is 7.12 Å². The minimum absolute atomic E-state index is 0.00694. The highest BCUT2D eigenvalue weighted by molar-refractivity contribution is 6.47. The molecule has 1 atom stereocenters. The van der Waals surface area contributed by atoms with Crippen LogP contribution in [-0.4, -0.2) is 18.3 Å². The second-order valence-corrected chi connectivity index (χ2v) is 5.82. The summed E-state index contributed by atoms with van der Waals surface area (Å²) in [6.45, 7) is 10.7. The zero-order valence-corrected chi connectivity index (χ0v) is 9.96. The summed E-state index contributed by atoms with van der Waals surface area (Å²) >= 11 is 0. The Morgan fingerprint density at radius 3 is 1.86 bits per heavy atom. The normalized spacial score (nSPS) is 31.9. The molecule has 2 fully saturated rings. The van der Waals surface area contributed by atoms with E-state index in [-0.39, 0.29) is 18.3 Å². The Morgan fingerprint density at radius 1 is 1.07 bits per heavy atom. The van der Waals surface area contributed by atoms with Crippen LogP contribution in [0.5, 0.6) is 0 Å². The van der Waals surface area contributed by atoms with Gasteiger partial charge in [-0.3, -0.25) is 0 Å². The molecule has 3 heteroatoms. The molecule has 1 aliphatic heterocycles. The maximum atomic E-state index is 6.00. The topological polar surface area (TPSA) is 18.5 Å². The van der Waals surface area contributed by atoms with Crippen molar-refractivity contribution >= 4 is 7.12 Å². The third-order valence-corrected chi connectivity index (χ3v) is 4.07. The summed E-state index contributed by atoms with van der Waals surface area (Å²) < 4.78 is 12.0. The molecule has 0 spiro atoms. The van der Waals surface area contributed by atoms with Crippen LogP contribution in [0.1, 0.15) is 47.5 Å². The molecule has 0 bridgehead atoms. The van der Waals surface area contributed by atoms with Crippen molar-refractivity contribution in [3.63, 3.8) is 0 Å². The number of hydrogen-bond donors (Lipinski definition) is 0. The molecule has 1 aliphatic carbocycles. The zero-order valence-electron chi connectivity index (χ0n) is 9.96. The number of hydrogen-bond acceptors (Lipinski definition) is 2. The lowest BCUT2D eigenvalue weighted by atomic mass is 9.70. The maximum Gasteiger partial charge on any atom is 0.461 e. The van der Waals surface area contributed by atoms with Gasteiger partial charge in [0.15, 0.2) is 0 Å². The van der Waals surface area contributed by atoms with Crippen LogP contribution in [0.25, 0.3) is 0 Å². The van der Waals surface area contributed by atoms with E-state index >= 15 is 0 Å². The largest absolute Gasteiger partial charge is 0.461 e. The monoisotopic (exact) mass is 196 g/mol. The van der Waals surface area contributed by atoms with Crippen molar-refractivity contribution in [2.75, 3.05) is 0 Å². The van der Waals surface area contributed by atoms with Crippen LogP contribution in [0.2, 0.25) is 5.82 Å². The molecule has 1 heterocycles. The zero-order chi connectivity index (χ0) is 10.6. The first-order valence-corrected chi connectivity index (χ1v) is 5.69. The Morgan fingerprint density at radius 2 is 1.50 bits per heavy atom. The van der Waals surface area contributed by atoms with E-state index in [9.17, 15) is 0 Å². The van der Waals surface area contributed by atoms with Crippen molar-refractivity contribution in [3.8, 4) is 0 Å². The fourth-order valence-electron chi connectivity index (χ4n) is 1.95. The molecule has 0 N–H and O–H groups in total. The minimum Gasteiger partial charge on any atom is -0.403 e. The lowest BCUT2D eigenvalue weighted by Gasteiger charge is -2.32. The first-order valence-electron chi connectivity index (χ1n) is 5.69. The van der Waals surface area contributed by atoms with Crippen LogP contribution < -0.4 is 0 Å². The molecule has 2 aliphatic rings. The summed E-state index contributed by atoms with van der Waals surface area (Å²) in [5, 5.41) is 0. The molecule has 0 amide bonds. The van der Waals surface area contributed by atoms with E-state index in [0.29, 0.717) is 5.82 Å². The lowest BCUT2D eigenvalue weighted by molar-refractivity contribution is 0.00578. The van der Waals surface area contributed by atoms with E-state index in [1.54, 1.807) is 0 Å². The molecule has 2 nitrogen and oxygen atoms in total. The van der Waals surface area contributed by atoms with Gasteiger partial charge in [-0.2, -0.15) is 0 Å². The second kappa shape index (κ2) is 2.99. The van der Waals surface area contributed by atoms with Crippen LogP contribution in [0.15, 0.2) is 0 Å². The van der Waals surface area contributed by atoms with Gasteiger partial charge in [0.25, 0.3) is 0 Å². The summed E-state index contributed by atoms with van der Waals surface area (Å²) in [6.07, 6.45) is 2.70. The van der Waals surface area contributed by atoms with Crippen LogP contribution >= 0.6 is 0 Å². The van der Waals surface area contributed by atoms with Gasteiger partial charge < -0.3 is 9.31 Å². The molecule has 1 saturated heterocycles. The Hall–Kier alpha value is -0.0151. The molecule has 0 radical (unpaired) electrons. The minimum atomic E-state index is -0.166. The summed E-state index contributed by atoms with van der Waals surface area (Å²) in [4.78, 5) is 0. The Bertz CT molecular complexity index is 217. The summed E-state index contributed by atoms with van der Waals surface area (Å²) in [7, 11) is 0.00694. The highest BCUT2D eigenvalue weighted by Gasteiger charge is 2.54. The van der Waals surface area contributed by atoms with Crippen LogP contribution in [-0.2, 0) is 9.31 Å². The van der Waals surface area contributed by atoms with E-state index < -0.39 is 0 Å². The Labute approximate surface area is 87.5 Å². The van der Waals surface area contributed by atoms with Crippen molar-refractivity contribution in [2.45, 2.75) is 64.5 Å². The van der Waals surface area contributed by atoms with E-state index in [2.05, 4.69) is 34.6 Å². The molecule has 0 aromatic carbocycles. The number of rotatable bonds is 2. The second-order valence-electron chi connectivity index (χ2n) is 5.82. The lowest BCUT2D eigenvalue weighted by Crippen LogP contribution is -2.41. The quantitative estimate of drug-likeness (QED) is 0.632. The highest BCUT2D eigenvalue weighted by Crippen LogP contribution is 2.47. The average molecular weight is 196 g/mol. The highest BCUT2D eigenvalue weighted by atomic mass is 16.7. The first-order chi connectivity index (χ1) is 6.33. The predicted molar refractivity (Wildman–Crippen MR) is 58.2 cm³/mol. The predicted octanol–water partition coefficient (Wildman–Crippen LogP) is 2.88. The van der Waals surface area contributed by atoms with Gasteiger partial charge in [0, 0.05) is 0 Å². The molecule has 0 aromatic heterocycles. The van der Waals surface area contributed by atoms with E-state index in [1.807, 2.05) is 0 Å². The fourth-order valence-corrected chi connectivity index (χ4v) is 1.95. The molecule has 14 heavy (non-hydrogen) atoms. The standard InChI is InChI=1S/C11H21BO2/c1-8(9-6-7-9)12-13-10(2,3)11(4,5)14-12/h8-9H,6-7H2,1-5H3. The first kappa shape index (κ1) is 10.5. The third-order valence-electron chi connectivity index (χ3n) is 4.07. The maximum absolute atomic E-state index is 6.00. The van der Waals surface area contributed by atoms with Gasteiger partial charge in [0.1, 0.15) is 0 Å². The molecule has 1 unspecified atom stereocenters. The summed E-state index contributed by atoms with van der Waals surface area (Å²) in [6, 6.07) is 0. The van der Waals surface area contributed by atoms with Crippen molar-refractivity contribution in [1.29, 1.82) is 0 Å². The molecular formula is C11H21BO2. The van der Waals surface area contributed by atoms with Crippen molar-refractivity contribution in [3.05, 3.63) is 0 Å². The van der Waals surface area contributed by atoms with Crippen LogP contribution in [0.3, 0.4) is 0 Å². The molecular weight excluding hydrogens is 175 g/mol. The van der Waals surface area contributed by atoms with Crippen molar-refractivity contribution in [1.82, 2.24) is 0 Å². The average Bonchev–Trinajstić information content (AvgIpc) is 2.79. The molecule has 80 valence electrons. The summed E-state index contributed by atoms with van der Waals surface area (Å²) in [5.41, 5.74) is -0.332. The molecule has 2 rings (SSSR count). The Balaban J connectivity index is 2.05. The summed E-state index contributed by atoms with van der Waals surface area (Å²) in [5.74, 6) is 1.39. The Kier molecular flexibility index (Phi) is 2.24.